The number of rotatable bonds is 15. The minimum absolute atomic E-state index is 0.0276. The van der Waals surface area contributed by atoms with Gasteiger partial charge in [-0.3, -0.25) is 18.8 Å². The number of hydrogen-bond acceptors (Lipinski definition) is 9. The molecule has 1 saturated heterocycles. The van der Waals surface area contributed by atoms with E-state index in [2.05, 4.69) is 10.1 Å². The molecule has 12 heteroatoms. The number of aryl methyl sites for hydroxylation is 1. The van der Waals surface area contributed by atoms with E-state index in [4.69, 9.17) is 9.57 Å². The highest BCUT2D eigenvalue weighted by molar-refractivity contribution is 8.15. The first kappa shape index (κ1) is 40.1. The summed E-state index contributed by atoms with van der Waals surface area (Å²) in [5, 5.41) is 3.80. The Morgan fingerprint density at radius 3 is 1.81 bits per heavy atom. The minimum Gasteiger partial charge on any atom is -0.393 e. The molecule has 6 aromatic rings. The maximum atomic E-state index is 15.2. The largest absolute Gasteiger partial charge is 0.393 e. The molecule has 0 radical (unpaired) electrons. The lowest BCUT2D eigenvalue weighted by atomic mass is 9.75. The SMILES string of the molecule is CC(=NOCCOC1(Cc2ccccc2)SC(=O)N(C(c2ccccc2)(c2ccccc2)c2ccccc2)C1=O)c1ccc(N(C)S(=O)(=O)c2ccc(C)cc2)nc1. The van der Waals surface area contributed by atoms with Crippen LogP contribution in [0.5, 0.6) is 0 Å². The van der Waals surface area contributed by atoms with E-state index in [0.29, 0.717) is 11.3 Å². The molecule has 1 fully saturated rings. The van der Waals surface area contributed by atoms with E-state index >= 15 is 4.79 Å². The Morgan fingerprint density at radius 2 is 1.29 bits per heavy atom. The van der Waals surface area contributed by atoms with Crippen LogP contribution in [0.2, 0.25) is 0 Å². The van der Waals surface area contributed by atoms with Gasteiger partial charge in [-0.05, 0) is 72.1 Å². The quantitative estimate of drug-likeness (QED) is 0.0438. The van der Waals surface area contributed by atoms with E-state index in [9.17, 15) is 13.2 Å². The number of oxime groups is 1. The van der Waals surface area contributed by atoms with Crippen LogP contribution in [0.25, 0.3) is 0 Å². The van der Waals surface area contributed by atoms with Gasteiger partial charge in [0.15, 0.2) is 0 Å². The minimum atomic E-state index is -3.80. The number of sulfonamides is 1. The third-order valence-corrected chi connectivity index (χ3v) is 12.9. The molecule has 1 aromatic heterocycles. The summed E-state index contributed by atoms with van der Waals surface area (Å²) in [6.07, 6.45) is 1.65. The molecular weight excluding hydrogens is 769 g/mol. The van der Waals surface area contributed by atoms with Crippen molar-refractivity contribution in [3.8, 4) is 0 Å². The van der Waals surface area contributed by atoms with Gasteiger partial charge in [0.05, 0.1) is 17.2 Å². The summed E-state index contributed by atoms with van der Waals surface area (Å²) in [5.74, 6) is -0.239. The molecule has 5 aromatic carbocycles. The molecule has 1 unspecified atom stereocenters. The van der Waals surface area contributed by atoms with Crippen LogP contribution in [0, 0.1) is 6.92 Å². The fourth-order valence-corrected chi connectivity index (χ4v) is 9.34. The average Bonchev–Trinajstić information content (AvgIpc) is 3.50. The standard InChI is InChI=1S/C46H42N4O6S2/c1-34-24-27-41(28-25-34)58(53,54)49(3)42-29-26-37(33-47-42)35(2)48-56-31-30-55-45(32-36-16-8-4-9-17-36)43(51)50(44(52)57-45)46(38-18-10-5-11-19-38,39-20-12-6-13-21-39)40-22-14-7-15-23-40/h4-29,33H,30-32H2,1-3H3. The molecule has 10 nitrogen and oxygen atoms in total. The Balaban J connectivity index is 1.13. The number of pyridine rings is 1. The summed E-state index contributed by atoms with van der Waals surface area (Å²) in [4.78, 5) is 39.8. The van der Waals surface area contributed by atoms with Crippen molar-refractivity contribution in [2.75, 3.05) is 24.6 Å². The van der Waals surface area contributed by atoms with Crippen molar-refractivity contribution < 1.29 is 27.6 Å². The van der Waals surface area contributed by atoms with Crippen molar-refractivity contribution in [1.29, 1.82) is 0 Å². The van der Waals surface area contributed by atoms with Gasteiger partial charge >= 0.3 is 0 Å². The monoisotopic (exact) mass is 810 g/mol. The van der Waals surface area contributed by atoms with Gasteiger partial charge in [-0.25, -0.2) is 13.4 Å². The Kier molecular flexibility index (Phi) is 11.9. The molecule has 0 aliphatic carbocycles. The number of thioether (sulfide) groups is 1. The van der Waals surface area contributed by atoms with Crippen molar-refractivity contribution in [2.45, 2.75) is 35.6 Å². The molecule has 0 bridgehead atoms. The van der Waals surface area contributed by atoms with E-state index in [1.54, 1.807) is 43.3 Å². The average molecular weight is 811 g/mol. The molecule has 0 spiro atoms. The van der Waals surface area contributed by atoms with Gasteiger partial charge < -0.3 is 9.57 Å². The van der Waals surface area contributed by atoms with Crippen molar-refractivity contribution >= 4 is 44.5 Å². The van der Waals surface area contributed by atoms with E-state index < -0.39 is 31.6 Å². The number of aromatic nitrogens is 1. The lowest BCUT2D eigenvalue weighted by Gasteiger charge is -2.42. The van der Waals surface area contributed by atoms with Crippen LogP contribution in [-0.2, 0) is 36.4 Å². The van der Waals surface area contributed by atoms with Crippen LogP contribution < -0.4 is 4.31 Å². The smallest absolute Gasteiger partial charge is 0.293 e. The zero-order valence-electron chi connectivity index (χ0n) is 32.3. The van der Waals surface area contributed by atoms with Gasteiger partial charge in [0.1, 0.15) is 18.0 Å². The van der Waals surface area contributed by atoms with E-state index in [0.717, 1.165) is 43.9 Å². The summed E-state index contributed by atoms with van der Waals surface area (Å²) in [6.45, 7) is 3.55. The molecule has 2 heterocycles. The first-order valence-corrected chi connectivity index (χ1v) is 20.9. The molecule has 7 rings (SSSR count). The second-order valence-electron chi connectivity index (χ2n) is 13.8. The summed E-state index contributed by atoms with van der Waals surface area (Å²) in [6, 6.07) is 48.2. The van der Waals surface area contributed by atoms with Crippen LogP contribution in [-0.4, -0.2) is 60.4 Å². The normalized spacial score (nSPS) is 16.1. The van der Waals surface area contributed by atoms with Gasteiger partial charge in [-0.2, -0.15) is 0 Å². The molecular formula is C46H42N4O6S2. The molecule has 1 aliphatic rings. The maximum absolute atomic E-state index is 15.2. The fourth-order valence-electron chi connectivity index (χ4n) is 7.03. The third kappa shape index (κ3) is 7.91. The Labute approximate surface area is 343 Å². The predicted molar refractivity (Wildman–Crippen MR) is 227 cm³/mol. The van der Waals surface area contributed by atoms with E-state index in [-0.39, 0.29) is 30.3 Å². The van der Waals surface area contributed by atoms with Gasteiger partial charge in [0.2, 0.25) is 4.93 Å². The second kappa shape index (κ2) is 17.2. The van der Waals surface area contributed by atoms with E-state index in [1.807, 2.05) is 128 Å². The predicted octanol–water partition coefficient (Wildman–Crippen LogP) is 8.60. The van der Waals surface area contributed by atoms with Crippen molar-refractivity contribution in [3.05, 3.63) is 197 Å². The van der Waals surface area contributed by atoms with Gasteiger partial charge in [-0.1, -0.05) is 144 Å². The third-order valence-electron chi connectivity index (χ3n) is 10.0. The number of amides is 2. The number of nitrogens with zero attached hydrogens (tertiary/aromatic N) is 4. The zero-order chi connectivity index (χ0) is 40.8. The zero-order valence-corrected chi connectivity index (χ0v) is 33.9. The first-order valence-electron chi connectivity index (χ1n) is 18.7. The Bertz CT molecular complexity index is 2390. The summed E-state index contributed by atoms with van der Waals surface area (Å²) < 4.78 is 34.0. The highest BCUT2D eigenvalue weighted by Gasteiger charge is 2.61. The second-order valence-corrected chi connectivity index (χ2v) is 17.0. The molecule has 2 amide bonds. The Morgan fingerprint density at radius 1 is 0.759 bits per heavy atom. The van der Waals surface area contributed by atoms with Crippen LogP contribution >= 0.6 is 11.8 Å². The molecule has 0 N–H and O–H groups in total. The molecule has 1 atom stereocenters. The van der Waals surface area contributed by atoms with Crippen LogP contribution in [0.3, 0.4) is 0 Å². The number of imide groups is 1. The van der Waals surface area contributed by atoms with Crippen molar-refractivity contribution in [3.63, 3.8) is 0 Å². The molecule has 294 valence electrons. The number of ether oxygens (including phenoxy) is 1. The Hall–Kier alpha value is -6.08. The molecule has 1 aliphatic heterocycles. The van der Waals surface area contributed by atoms with E-state index in [1.165, 1.54) is 18.1 Å². The lowest BCUT2D eigenvalue weighted by molar-refractivity contribution is -0.146. The lowest BCUT2D eigenvalue weighted by Crippen LogP contribution is -2.54. The number of benzene rings is 5. The molecule has 58 heavy (non-hydrogen) atoms. The van der Waals surface area contributed by atoms with Gasteiger partial charge in [-0.15, -0.1) is 0 Å². The fraction of sp³-hybridized carbons (Fsp3) is 0.174. The van der Waals surface area contributed by atoms with Crippen LogP contribution in [0.4, 0.5) is 10.6 Å². The van der Waals surface area contributed by atoms with Crippen molar-refractivity contribution in [2.24, 2.45) is 5.16 Å². The van der Waals surface area contributed by atoms with Crippen LogP contribution in [0.1, 0.15) is 40.3 Å². The first-order chi connectivity index (χ1) is 28.1. The highest BCUT2D eigenvalue weighted by atomic mass is 32.2. The summed E-state index contributed by atoms with van der Waals surface area (Å²) in [7, 11) is -2.35. The number of anilines is 1. The maximum Gasteiger partial charge on any atom is 0.293 e. The number of hydrogen-bond donors (Lipinski definition) is 0. The molecule has 0 saturated carbocycles. The highest BCUT2D eigenvalue weighted by Crippen LogP contribution is 2.51. The number of carbonyl (C=O) groups excluding carboxylic acids is 2. The topological polar surface area (TPSA) is 118 Å². The van der Waals surface area contributed by atoms with Crippen LogP contribution in [0.15, 0.2) is 174 Å². The van der Waals surface area contributed by atoms with Gasteiger partial charge in [0.25, 0.3) is 21.2 Å². The number of carbonyl (C=O) groups is 2. The van der Waals surface area contributed by atoms with Gasteiger partial charge in [0, 0.05) is 25.2 Å². The summed E-state index contributed by atoms with van der Waals surface area (Å²) >= 11 is 0.869. The van der Waals surface area contributed by atoms with Crippen molar-refractivity contribution in [1.82, 2.24) is 9.88 Å². The summed E-state index contributed by atoms with van der Waals surface area (Å²) in [5.41, 5.74) is 3.83.